The van der Waals surface area contributed by atoms with Gasteiger partial charge in [-0.3, -0.25) is 4.79 Å². The molecule has 1 aromatic carbocycles. The van der Waals surface area contributed by atoms with Crippen molar-refractivity contribution in [3.05, 3.63) is 35.7 Å². The van der Waals surface area contributed by atoms with Gasteiger partial charge in [0.2, 0.25) is 0 Å². The van der Waals surface area contributed by atoms with Crippen molar-refractivity contribution in [2.75, 3.05) is 26.9 Å². The molecular formula is C20H29N5O3. The monoisotopic (exact) mass is 387 g/mol. The minimum Gasteiger partial charge on any atom is -0.491 e. The van der Waals surface area contributed by atoms with Crippen LogP contribution in [0.5, 0.6) is 5.75 Å². The molecule has 1 aliphatic rings. The lowest BCUT2D eigenvalue weighted by Crippen LogP contribution is -2.51. The Morgan fingerprint density at radius 1 is 1.25 bits per heavy atom. The largest absolute Gasteiger partial charge is 0.491 e. The second-order valence-electron chi connectivity index (χ2n) is 7.18. The smallest absolute Gasteiger partial charge is 0.276 e. The van der Waals surface area contributed by atoms with E-state index in [1.165, 1.54) is 4.80 Å². The summed E-state index contributed by atoms with van der Waals surface area (Å²) >= 11 is 0. The number of hydrogen-bond donors (Lipinski definition) is 1. The van der Waals surface area contributed by atoms with Crippen molar-refractivity contribution in [3.63, 3.8) is 0 Å². The Morgan fingerprint density at radius 3 is 2.68 bits per heavy atom. The van der Waals surface area contributed by atoms with E-state index in [1.807, 2.05) is 43.0 Å². The van der Waals surface area contributed by atoms with E-state index in [0.717, 1.165) is 30.7 Å². The predicted octanol–water partition coefficient (Wildman–Crippen LogP) is 1.94. The van der Waals surface area contributed by atoms with Gasteiger partial charge >= 0.3 is 0 Å². The Kier molecular flexibility index (Phi) is 6.64. The number of rotatable bonds is 7. The summed E-state index contributed by atoms with van der Waals surface area (Å²) < 4.78 is 10.5. The first-order chi connectivity index (χ1) is 13.5. The molecule has 0 aliphatic carbocycles. The van der Waals surface area contributed by atoms with E-state index in [1.54, 1.807) is 7.11 Å². The van der Waals surface area contributed by atoms with Crippen molar-refractivity contribution in [2.24, 2.45) is 5.73 Å². The number of nitrogens with zero attached hydrogens (tertiary/aromatic N) is 4. The fraction of sp³-hybridized carbons (Fsp3) is 0.550. The molecule has 0 spiro atoms. The summed E-state index contributed by atoms with van der Waals surface area (Å²) in [5, 5.41) is 8.90. The van der Waals surface area contributed by atoms with E-state index in [0.29, 0.717) is 31.1 Å². The number of carbonyl (C=O) groups excluding carboxylic acids is 1. The Labute approximate surface area is 165 Å². The maximum absolute atomic E-state index is 13.1. The zero-order valence-corrected chi connectivity index (χ0v) is 16.8. The van der Waals surface area contributed by atoms with Crippen molar-refractivity contribution >= 4 is 5.91 Å². The average Bonchev–Trinajstić information content (AvgIpc) is 3.09. The molecule has 1 aromatic heterocycles. The summed E-state index contributed by atoms with van der Waals surface area (Å²) in [4.78, 5) is 16.5. The van der Waals surface area contributed by atoms with E-state index in [9.17, 15) is 4.79 Å². The first kappa shape index (κ1) is 20.3. The molecule has 8 heteroatoms. The molecule has 0 unspecified atom stereocenters. The lowest BCUT2D eigenvalue weighted by Gasteiger charge is -2.37. The first-order valence-electron chi connectivity index (χ1n) is 9.74. The highest BCUT2D eigenvalue weighted by Gasteiger charge is 2.32. The van der Waals surface area contributed by atoms with Gasteiger partial charge in [-0.2, -0.15) is 9.90 Å². The zero-order valence-electron chi connectivity index (χ0n) is 16.8. The summed E-state index contributed by atoms with van der Waals surface area (Å²) in [5.41, 5.74) is 7.87. The van der Waals surface area contributed by atoms with E-state index in [4.69, 9.17) is 15.2 Å². The standard InChI is InChI=1S/C20H29N5O3/c1-14(21)18-6-4-5-11-24(18)20(26)19-15(2)22-25(23-19)16-7-9-17(10-8-16)28-13-12-27-3/h7-10,14,18H,4-6,11-13,21H2,1-3H3/t14-,18-/m0/s1. The topological polar surface area (TPSA) is 95.5 Å². The number of likely N-dealkylation sites (tertiary alicyclic amines) is 1. The molecule has 1 amide bonds. The fourth-order valence-electron chi connectivity index (χ4n) is 3.50. The second kappa shape index (κ2) is 9.16. The summed E-state index contributed by atoms with van der Waals surface area (Å²) in [6.07, 6.45) is 3.02. The Bertz CT molecular complexity index is 788. The second-order valence-corrected chi connectivity index (χ2v) is 7.18. The summed E-state index contributed by atoms with van der Waals surface area (Å²) in [7, 11) is 1.64. The molecule has 1 saturated heterocycles. The number of aromatic nitrogens is 3. The number of piperidine rings is 1. The van der Waals surface area contributed by atoms with Gasteiger partial charge in [-0.05, 0) is 57.4 Å². The van der Waals surface area contributed by atoms with Gasteiger partial charge in [0.1, 0.15) is 12.4 Å². The number of hydrogen-bond acceptors (Lipinski definition) is 6. The number of nitrogens with two attached hydrogens (primary N) is 1. The van der Waals surface area contributed by atoms with Crippen molar-refractivity contribution in [2.45, 2.75) is 45.2 Å². The quantitative estimate of drug-likeness (QED) is 0.730. The van der Waals surface area contributed by atoms with Crippen molar-refractivity contribution in [3.8, 4) is 11.4 Å². The summed E-state index contributed by atoms with van der Waals surface area (Å²) in [6.45, 7) is 5.50. The lowest BCUT2D eigenvalue weighted by molar-refractivity contribution is 0.0576. The van der Waals surface area contributed by atoms with Gasteiger partial charge in [0.25, 0.3) is 5.91 Å². The molecular weight excluding hydrogens is 358 g/mol. The Morgan fingerprint density at radius 2 is 2.00 bits per heavy atom. The van der Waals surface area contributed by atoms with Crippen LogP contribution in [0, 0.1) is 6.92 Å². The molecule has 1 aliphatic heterocycles. The average molecular weight is 387 g/mol. The van der Waals surface area contributed by atoms with Gasteiger partial charge in [0, 0.05) is 25.7 Å². The molecule has 2 aromatic rings. The summed E-state index contributed by atoms with van der Waals surface area (Å²) in [6, 6.07) is 7.41. The van der Waals surface area contributed by atoms with Crippen LogP contribution in [0.4, 0.5) is 0 Å². The van der Waals surface area contributed by atoms with Crippen molar-refractivity contribution in [1.29, 1.82) is 0 Å². The number of amides is 1. The zero-order chi connectivity index (χ0) is 20.1. The molecule has 3 rings (SSSR count). The van der Waals surface area contributed by atoms with E-state index >= 15 is 0 Å². The van der Waals surface area contributed by atoms with Gasteiger partial charge in [-0.15, -0.1) is 5.10 Å². The Hall–Kier alpha value is -2.45. The van der Waals surface area contributed by atoms with Crippen LogP contribution < -0.4 is 10.5 Å². The van der Waals surface area contributed by atoms with E-state index < -0.39 is 0 Å². The van der Waals surface area contributed by atoms with E-state index in [-0.39, 0.29) is 18.0 Å². The fourth-order valence-corrected chi connectivity index (χ4v) is 3.50. The molecule has 0 bridgehead atoms. The SMILES string of the molecule is COCCOc1ccc(-n2nc(C)c(C(=O)N3CCCC[C@H]3[C@H](C)N)n2)cc1. The molecule has 0 radical (unpaired) electrons. The minimum absolute atomic E-state index is 0.0503. The molecule has 2 N–H and O–H groups in total. The maximum Gasteiger partial charge on any atom is 0.276 e. The van der Waals surface area contributed by atoms with Crippen LogP contribution in [0.3, 0.4) is 0 Å². The number of ether oxygens (including phenoxy) is 2. The van der Waals surface area contributed by atoms with Crippen LogP contribution in [0.1, 0.15) is 42.4 Å². The molecule has 152 valence electrons. The van der Waals surface area contributed by atoms with Crippen LogP contribution in [0.2, 0.25) is 0 Å². The van der Waals surface area contributed by atoms with Gasteiger partial charge in [-0.1, -0.05) is 0 Å². The molecule has 8 nitrogen and oxygen atoms in total. The molecule has 1 fully saturated rings. The highest BCUT2D eigenvalue weighted by Crippen LogP contribution is 2.22. The van der Waals surface area contributed by atoms with Crippen LogP contribution in [-0.4, -0.2) is 64.8 Å². The van der Waals surface area contributed by atoms with Gasteiger partial charge in [0.05, 0.1) is 18.0 Å². The lowest BCUT2D eigenvalue weighted by atomic mass is 9.96. The van der Waals surface area contributed by atoms with E-state index in [2.05, 4.69) is 10.2 Å². The highest BCUT2D eigenvalue weighted by molar-refractivity contribution is 5.93. The van der Waals surface area contributed by atoms with Crippen molar-refractivity contribution in [1.82, 2.24) is 19.9 Å². The highest BCUT2D eigenvalue weighted by atomic mass is 16.5. The third-order valence-corrected chi connectivity index (χ3v) is 5.03. The molecule has 2 atom stereocenters. The normalized spacial score (nSPS) is 18.1. The van der Waals surface area contributed by atoms with Crippen LogP contribution in [-0.2, 0) is 4.74 Å². The van der Waals surface area contributed by atoms with Gasteiger partial charge in [0.15, 0.2) is 5.69 Å². The Balaban J connectivity index is 1.76. The van der Waals surface area contributed by atoms with Crippen LogP contribution >= 0.6 is 0 Å². The number of methoxy groups -OCH3 is 1. The van der Waals surface area contributed by atoms with Gasteiger partial charge in [-0.25, -0.2) is 0 Å². The third-order valence-electron chi connectivity index (χ3n) is 5.03. The third kappa shape index (κ3) is 4.51. The molecule has 28 heavy (non-hydrogen) atoms. The van der Waals surface area contributed by atoms with Crippen LogP contribution in [0.15, 0.2) is 24.3 Å². The van der Waals surface area contributed by atoms with Crippen molar-refractivity contribution < 1.29 is 14.3 Å². The summed E-state index contributed by atoms with van der Waals surface area (Å²) in [5.74, 6) is 0.652. The minimum atomic E-state index is -0.0923. The predicted molar refractivity (Wildman–Crippen MR) is 106 cm³/mol. The van der Waals surface area contributed by atoms with Crippen LogP contribution in [0.25, 0.3) is 5.69 Å². The maximum atomic E-state index is 13.1. The molecule has 2 heterocycles. The first-order valence-corrected chi connectivity index (χ1v) is 9.74. The van der Waals surface area contributed by atoms with Gasteiger partial charge < -0.3 is 20.1 Å². The number of carbonyl (C=O) groups is 1. The number of benzene rings is 1. The molecule has 0 saturated carbocycles. The number of aryl methyl sites for hydroxylation is 1.